The van der Waals surface area contributed by atoms with E-state index in [1.165, 1.54) is 0 Å². The SMILES string of the molecule is CC(C(=O)Nc1ccc(Cl)cc1Cl)N1CCN(C(=O)c2cc3ccccc3[nH]2)CC1. The van der Waals surface area contributed by atoms with E-state index in [2.05, 4.69) is 15.2 Å². The maximum atomic E-state index is 12.9. The fourth-order valence-electron chi connectivity index (χ4n) is 3.67. The summed E-state index contributed by atoms with van der Waals surface area (Å²) >= 11 is 12.1. The van der Waals surface area contributed by atoms with Gasteiger partial charge in [-0.25, -0.2) is 0 Å². The third kappa shape index (κ3) is 4.31. The van der Waals surface area contributed by atoms with E-state index in [4.69, 9.17) is 23.2 Å². The van der Waals surface area contributed by atoms with E-state index in [9.17, 15) is 9.59 Å². The number of piperazine rings is 1. The molecule has 2 aromatic carbocycles. The van der Waals surface area contributed by atoms with Gasteiger partial charge in [0.05, 0.1) is 16.8 Å². The lowest BCUT2D eigenvalue weighted by Gasteiger charge is -2.37. The Morgan fingerprint density at radius 1 is 1.03 bits per heavy atom. The van der Waals surface area contributed by atoms with Gasteiger partial charge in [0.1, 0.15) is 5.69 Å². The fourth-order valence-corrected chi connectivity index (χ4v) is 4.12. The molecule has 1 fully saturated rings. The van der Waals surface area contributed by atoms with Gasteiger partial charge in [0, 0.05) is 42.1 Å². The summed E-state index contributed by atoms with van der Waals surface area (Å²) in [4.78, 5) is 32.6. The van der Waals surface area contributed by atoms with Crippen LogP contribution in [0.2, 0.25) is 10.0 Å². The number of aromatic amines is 1. The number of anilines is 1. The molecule has 1 unspecified atom stereocenters. The van der Waals surface area contributed by atoms with Crippen LogP contribution in [0.25, 0.3) is 10.9 Å². The predicted octanol–water partition coefficient (Wildman–Crippen LogP) is 4.26. The van der Waals surface area contributed by atoms with Crippen molar-refractivity contribution >= 4 is 51.6 Å². The molecule has 1 aromatic heterocycles. The molecule has 1 saturated heterocycles. The number of fused-ring (bicyclic) bond motifs is 1. The lowest BCUT2D eigenvalue weighted by molar-refractivity contribution is -0.121. The van der Waals surface area contributed by atoms with E-state index in [0.717, 1.165) is 10.9 Å². The van der Waals surface area contributed by atoms with Gasteiger partial charge in [-0.05, 0) is 37.3 Å². The van der Waals surface area contributed by atoms with Crippen LogP contribution in [0.5, 0.6) is 0 Å². The van der Waals surface area contributed by atoms with Gasteiger partial charge in [0.2, 0.25) is 5.91 Å². The van der Waals surface area contributed by atoms with Crippen molar-refractivity contribution in [1.29, 1.82) is 0 Å². The van der Waals surface area contributed by atoms with E-state index in [1.54, 1.807) is 18.2 Å². The Balaban J connectivity index is 1.35. The Bertz CT molecular complexity index is 1060. The number of benzene rings is 2. The molecule has 2 N–H and O–H groups in total. The van der Waals surface area contributed by atoms with Crippen molar-refractivity contribution in [1.82, 2.24) is 14.8 Å². The van der Waals surface area contributed by atoms with Gasteiger partial charge >= 0.3 is 0 Å². The van der Waals surface area contributed by atoms with Crippen LogP contribution in [0.15, 0.2) is 48.5 Å². The number of nitrogens with one attached hydrogen (secondary N) is 2. The molecule has 30 heavy (non-hydrogen) atoms. The van der Waals surface area contributed by atoms with Gasteiger partial charge in [-0.1, -0.05) is 41.4 Å². The highest BCUT2D eigenvalue weighted by atomic mass is 35.5. The largest absolute Gasteiger partial charge is 0.351 e. The Morgan fingerprint density at radius 3 is 2.47 bits per heavy atom. The summed E-state index contributed by atoms with van der Waals surface area (Å²) in [5, 5.41) is 4.79. The van der Waals surface area contributed by atoms with Crippen molar-refractivity contribution in [3.8, 4) is 0 Å². The highest BCUT2D eigenvalue weighted by molar-refractivity contribution is 6.36. The first-order valence-electron chi connectivity index (χ1n) is 9.79. The summed E-state index contributed by atoms with van der Waals surface area (Å²) in [6.07, 6.45) is 0. The molecule has 2 heterocycles. The number of halogens is 2. The first-order valence-corrected chi connectivity index (χ1v) is 10.5. The summed E-state index contributed by atoms with van der Waals surface area (Å²) in [5.41, 5.74) is 2.07. The molecule has 4 rings (SSSR count). The highest BCUT2D eigenvalue weighted by Crippen LogP contribution is 2.26. The van der Waals surface area contributed by atoms with Crippen LogP contribution < -0.4 is 5.32 Å². The number of amides is 2. The summed E-state index contributed by atoms with van der Waals surface area (Å²) in [5.74, 6) is -0.162. The number of H-pyrrole nitrogens is 1. The third-order valence-corrected chi connectivity index (χ3v) is 6.03. The van der Waals surface area contributed by atoms with Crippen molar-refractivity contribution in [2.24, 2.45) is 0 Å². The molecule has 8 heteroatoms. The van der Waals surface area contributed by atoms with E-state index < -0.39 is 0 Å². The van der Waals surface area contributed by atoms with Gasteiger partial charge in [0.15, 0.2) is 0 Å². The Morgan fingerprint density at radius 2 is 1.77 bits per heavy atom. The normalized spacial score (nSPS) is 15.9. The topological polar surface area (TPSA) is 68.4 Å². The molecule has 1 aliphatic heterocycles. The quantitative estimate of drug-likeness (QED) is 0.631. The van der Waals surface area contributed by atoms with Crippen molar-refractivity contribution in [3.05, 3.63) is 64.3 Å². The second-order valence-electron chi connectivity index (χ2n) is 7.39. The minimum Gasteiger partial charge on any atom is -0.351 e. The maximum Gasteiger partial charge on any atom is 0.270 e. The summed E-state index contributed by atoms with van der Waals surface area (Å²) in [6.45, 7) is 4.22. The minimum absolute atomic E-state index is 0.0177. The van der Waals surface area contributed by atoms with Gasteiger partial charge in [0.25, 0.3) is 5.91 Å². The second kappa shape index (κ2) is 8.68. The van der Waals surface area contributed by atoms with Crippen LogP contribution in [-0.2, 0) is 4.79 Å². The summed E-state index contributed by atoms with van der Waals surface area (Å²) in [7, 11) is 0. The molecule has 0 aliphatic carbocycles. The number of carbonyl (C=O) groups is 2. The van der Waals surface area contributed by atoms with E-state index in [-0.39, 0.29) is 17.9 Å². The molecule has 2 amide bonds. The molecular formula is C22H22Cl2N4O2. The number of hydrogen-bond donors (Lipinski definition) is 2. The van der Waals surface area contributed by atoms with Crippen molar-refractivity contribution in [3.63, 3.8) is 0 Å². The number of nitrogens with zero attached hydrogens (tertiary/aromatic N) is 2. The van der Waals surface area contributed by atoms with Gasteiger partial charge in [-0.2, -0.15) is 0 Å². The van der Waals surface area contributed by atoms with Crippen LogP contribution in [0, 0.1) is 0 Å². The lowest BCUT2D eigenvalue weighted by atomic mass is 10.2. The lowest BCUT2D eigenvalue weighted by Crippen LogP contribution is -2.54. The molecule has 0 saturated carbocycles. The average Bonchev–Trinajstić information content (AvgIpc) is 3.19. The molecule has 1 aliphatic rings. The zero-order valence-corrected chi connectivity index (χ0v) is 18.0. The molecule has 0 bridgehead atoms. The number of aromatic nitrogens is 1. The Labute approximate surface area is 184 Å². The zero-order valence-electron chi connectivity index (χ0n) is 16.5. The number of para-hydroxylation sites is 1. The molecule has 0 spiro atoms. The number of rotatable bonds is 4. The molecule has 1 atom stereocenters. The molecule has 6 nitrogen and oxygen atoms in total. The molecule has 156 valence electrons. The smallest absolute Gasteiger partial charge is 0.270 e. The first-order chi connectivity index (χ1) is 14.4. The van der Waals surface area contributed by atoms with Crippen LogP contribution in [-0.4, -0.2) is 58.8 Å². The standard InChI is InChI=1S/C22H22Cl2N4O2/c1-14(21(29)26-19-7-6-16(23)13-17(19)24)27-8-10-28(11-9-27)22(30)20-12-15-4-2-3-5-18(15)25-20/h2-7,12-14,25H,8-11H2,1H3,(H,26,29). The monoisotopic (exact) mass is 444 g/mol. The van der Waals surface area contributed by atoms with Gasteiger partial charge in [-0.15, -0.1) is 0 Å². The third-order valence-electron chi connectivity index (χ3n) is 5.48. The second-order valence-corrected chi connectivity index (χ2v) is 8.23. The van der Waals surface area contributed by atoms with E-state index >= 15 is 0 Å². The van der Waals surface area contributed by atoms with Gasteiger partial charge in [-0.3, -0.25) is 14.5 Å². The van der Waals surface area contributed by atoms with Crippen molar-refractivity contribution in [2.45, 2.75) is 13.0 Å². The zero-order chi connectivity index (χ0) is 21.3. The minimum atomic E-state index is -0.345. The fraction of sp³-hybridized carbons (Fsp3) is 0.273. The molecular weight excluding hydrogens is 423 g/mol. The van der Waals surface area contributed by atoms with Crippen LogP contribution in [0.4, 0.5) is 5.69 Å². The highest BCUT2D eigenvalue weighted by Gasteiger charge is 2.28. The van der Waals surface area contributed by atoms with Gasteiger partial charge < -0.3 is 15.2 Å². The Kier molecular flexibility index (Phi) is 5.99. The van der Waals surface area contributed by atoms with E-state index in [1.807, 2.05) is 42.2 Å². The Hall–Kier alpha value is -2.54. The maximum absolute atomic E-state index is 12.9. The summed E-state index contributed by atoms with van der Waals surface area (Å²) in [6, 6.07) is 14.3. The number of hydrogen-bond acceptors (Lipinski definition) is 3. The van der Waals surface area contributed by atoms with Crippen molar-refractivity contribution < 1.29 is 9.59 Å². The van der Waals surface area contributed by atoms with Crippen LogP contribution >= 0.6 is 23.2 Å². The molecule has 0 radical (unpaired) electrons. The first kappa shape index (κ1) is 20.7. The van der Waals surface area contributed by atoms with E-state index in [0.29, 0.717) is 47.6 Å². The van der Waals surface area contributed by atoms with Crippen LogP contribution in [0.3, 0.4) is 0 Å². The van der Waals surface area contributed by atoms with Crippen LogP contribution in [0.1, 0.15) is 17.4 Å². The summed E-state index contributed by atoms with van der Waals surface area (Å²) < 4.78 is 0. The number of carbonyl (C=O) groups excluding carboxylic acids is 2. The average molecular weight is 445 g/mol. The van der Waals surface area contributed by atoms with Crippen molar-refractivity contribution in [2.75, 3.05) is 31.5 Å². The molecule has 3 aromatic rings. The predicted molar refractivity (Wildman–Crippen MR) is 120 cm³/mol.